The highest BCUT2D eigenvalue weighted by Crippen LogP contribution is 2.60. The van der Waals surface area contributed by atoms with E-state index in [0.717, 1.165) is 38.6 Å². The molecule has 6 fully saturated rings. The smallest absolute Gasteiger partial charge is 0.308 e. The van der Waals surface area contributed by atoms with Crippen LogP contribution in [0, 0.1) is 23.7 Å². The molecule has 0 aromatic rings. The molecule has 10 heteroatoms. The van der Waals surface area contributed by atoms with Gasteiger partial charge in [0.1, 0.15) is 0 Å². The van der Waals surface area contributed by atoms with Crippen LogP contribution < -0.4 is 5.32 Å². The van der Waals surface area contributed by atoms with Gasteiger partial charge in [-0.2, -0.15) is 0 Å². The van der Waals surface area contributed by atoms with Gasteiger partial charge in [0.2, 0.25) is 23.9 Å². The van der Waals surface area contributed by atoms with E-state index >= 15 is 0 Å². The molecular weight excluding hydrogens is 468 g/mol. The molecule has 6 rings (SSSR count). The van der Waals surface area contributed by atoms with Gasteiger partial charge < -0.3 is 24.4 Å². The summed E-state index contributed by atoms with van der Waals surface area (Å²) < 4.78 is 18.3. The van der Waals surface area contributed by atoms with Gasteiger partial charge in [0.15, 0.2) is 11.9 Å². The van der Waals surface area contributed by atoms with Crippen LogP contribution in [0.1, 0.15) is 78.6 Å². The highest BCUT2D eigenvalue weighted by molar-refractivity contribution is 5.81. The minimum atomic E-state index is -0.882. The maximum Gasteiger partial charge on any atom is 0.308 e. The number of rotatable bonds is 8. The van der Waals surface area contributed by atoms with Crippen molar-refractivity contribution >= 4 is 17.8 Å². The molecule has 1 saturated carbocycles. The van der Waals surface area contributed by atoms with Crippen molar-refractivity contribution in [2.24, 2.45) is 23.7 Å². The third kappa shape index (κ3) is 4.77. The third-order valence-corrected chi connectivity index (χ3v) is 9.00. The van der Waals surface area contributed by atoms with E-state index in [-0.39, 0.29) is 42.4 Å². The van der Waals surface area contributed by atoms with Crippen molar-refractivity contribution in [3.63, 3.8) is 0 Å². The van der Waals surface area contributed by atoms with Gasteiger partial charge in [-0.25, -0.2) is 9.78 Å². The maximum absolute atomic E-state index is 12.7. The fourth-order valence-electron chi connectivity index (χ4n) is 6.94. The van der Waals surface area contributed by atoms with Crippen LogP contribution in [-0.4, -0.2) is 66.3 Å². The van der Waals surface area contributed by atoms with Crippen molar-refractivity contribution in [3.8, 4) is 0 Å². The van der Waals surface area contributed by atoms with Crippen LogP contribution >= 0.6 is 0 Å². The van der Waals surface area contributed by atoms with Crippen molar-refractivity contribution in [1.29, 1.82) is 0 Å². The number of carbonyl (C=O) groups is 3. The van der Waals surface area contributed by atoms with Crippen molar-refractivity contribution in [2.45, 2.75) is 103 Å². The Morgan fingerprint density at radius 1 is 1.14 bits per heavy atom. The summed E-state index contributed by atoms with van der Waals surface area (Å²) in [4.78, 5) is 50.2. The van der Waals surface area contributed by atoms with Gasteiger partial charge in [0.25, 0.3) is 0 Å². The van der Waals surface area contributed by atoms with Gasteiger partial charge >= 0.3 is 5.97 Å². The Kier molecular flexibility index (Phi) is 7.33. The molecular formula is C26H40N2O8. The van der Waals surface area contributed by atoms with Crippen molar-refractivity contribution < 1.29 is 38.4 Å². The molecule has 1 aliphatic carbocycles. The second-order valence-electron chi connectivity index (χ2n) is 11.5. The molecule has 8 atom stereocenters. The van der Waals surface area contributed by atoms with E-state index in [2.05, 4.69) is 12.2 Å². The fourth-order valence-corrected chi connectivity index (χ4v) is 6.94. The zero-order valence-corrected chi connectivity index (χ0v) is 21.7. The van der Waals surface area contributed by atoms with Crippen LogP contribution in [0.3, 0.4) is 0 Å². The molecule has 10 nitrogen and oxygen atoms in total. The number of amides is 2. The number of ether oxygens (including phenoxy) is 3. The molecule has 0 aromatic carbocycles. The number of nitrogens with one attached hydrogen (secondary N) is 1. The average molecular weight is 509 g/mol. The van der Waals surface area contributed by atoms with E-state index in [1.165, 1.54) is 0 Å². The SMILES string of the molecule is C[C@H]1[C@H](OC(=O)CCC(=O)NCCCN2CCCC2=O)O[C@@H]2O[C@]3(C)CC[C@@H]4[C@H](C)CC[C@H]1[C@@]24OO3. The first-order chi connectivity index (χ1) is 17.2. The second kappa shape index (κ2) is 10.2. The molecule has 202 valence electrons. The maximum atomic E-state index is 12.7. The first-order valence-electron chi connectivity index (χ1n) is 13.7. The third-order valence-electron chi connectivity index (χ3n) is 9.00. The van der Waals surface area contributed by atoms with E-state index in [1.807, 2.05) is 18.7 Å². The van der Waals surface area contributed by atoms with Gasteiger partial charge in [0.05, 0.1) is 6.42 Å². The minimum absolute atomic E-state index is 0.0264. The Hall–Kier alpha value is -1.75. The van der Waals surface area contributed by atoms with Crippen LogP contribution in [0.25, 0.3) is 0 Å². The summed E-state index contributed by atoms with van der Waals surface area (Å²) in [5.41, 5.74) is -0.699. The highest BCUT2D eigenvalue weighted by Gasteiger charge is 2.69. The highest BCUT2D eigenvalue weighted by atomic mass is 17.3. The molecule has 2 bridgehead atoms. The Balaban J connectivity index is 1.12. The Morgan fingerprint density at radius 3 is 2.75 bits per heavy atom. The topological polar surface area (TPSA) is 113 Å². The summed E-state index contributed by atoms with van der Waals surface area (Å²) in [5, 5.41) is 2.82. The van der Waals surface area contributed by atoms with Gasteiger partial charge in [-0.1, -0.05) is 13.8 Å². The largest absolute Gasteiger partial charge is 0.435 e. The monoisotopic (exact) mass is 508 g/mol. The number of likely N-dealkylation sites (tertiary alicyclic amines) is 1. The van der Waals surface area contributed by atoms with Crippen LogP contribution in [0.5, 0.6) is 0 Å². The Labute approximate surface area is 212 Å². The summed E-state index contributed by atoms with van der Waals surface area (Å²) in [6.07, 6.45) is 4.46. The van der Waals surface area contributed by atoms with Crippen LogP contribution in [0.15, 0.2) is 0 Å². The fraction of sp³-hybridized carbons (Fsp3) is 0.885. The second-order valence-corrected chi connectivity index (χ2v) is 11.5. The summed E-state index contributed by atoms with van der Waals surface area (Å²) in [6.45, 7) is 8.07. The normalized spacial score (nSPS) is 41.5. The summed E-state index contributed by atoms with van der Waals surface area (Å²) in [6, 6.07) is 0. The van der Waals surface area contributed by atoms with Crippen LogP contribution in [0.2, 0.25) is 0 Å². The van der Waals surface area contributed by atoms with Crippen molar-refractivity contribution in [1.82, 2.24) is 10.2 Å². The lowest BCUT2D eigenvalue weighted by atomic mass is 9.58. The summed E-state index contributed by atoms with van der Waals surface area (Å²) in [7, 11) is 0. The van der Waals surface area contributed by atoms with Crippen molar-refractivity contribution in [3.05, 3.63) is 0 Å². The molecule has 0 unspecified atom stereocenters. The minimum Gasteiger partial charge on any atom is -0.435 e. The summed E-state index contributed by atoms with van der Waals surface area (Å²) in [5.74, 6) is -0.694. The van der Waals surface area contributed by atoms with E-state index in [4.69, 9.17) is 24.0 Å². The molecule has 36 heavy (non-hydrogen) atoms. The molecule has 2 amide bonds. The lowest BCUT2D eigenvalue weighted by Gasteiger charge is -2.59. The lowest BCUT2D eigenvalue weighted by molar-refractivity contribution is -0.576. The quantitative estimate of drug-likeness (QED) is 0.303. The molecule has 0 aromatic heterocycles. The lowest BCUT2D eigenvalue weighted by Crippen LogP contribution is -2.70. The van der Waals surface area contributed by atoms with E-state index in [0.29, 0.717) is 31.8 Å². The number of nitrogens with zero attached hydrogens (tertiary/aromatic N) is 1. The molecule has 1 N–H and O–H groups in total. The Bertz CT molecular complexity index is 869. The summed E-state index contributed by atoms with van der Waals surface area (Å²) >= 11 is 0. The average Bonchev–Trinajstić information content (AvgIpc) is 3.12. The van der Waals surface area contributed by atoms with Gasteiger partial charge in [0, 0.05) is 50.7 Å². The standard InChI is InChI=1S/C26H40N2O8/c1-16-7-8-19-17(2)23(33-24-26(19)18(16)11-12-25(3,34-24)35-36-26)32-22(31)10-9-20(29)27-13-5-15-28-14-4-6-21(28)30/h16-19,23-24H,4-15H2,1-3H3,(H,27,29)/t16-,17-,18-,19-,23-,24-,25+,26-/m1/s1. The van der Waals surface area contributed by atoms with Crippen LogP contribution in [-0.2, 0) is 38.4 Å². The number of fused-ring (bicyclic) bond motifs is 2. The first-order valence-corrected chi connectivity index (χ1v) is 13.7. The molecule has 5 heterocycles. The van der Waals surface area contributed by atoms with Gasteiger partial charge in [-0.05, 0) is 50.9 Å². The first kappa shape index (κ1) is 25.9. The number of carbonyl (C=O) groups excluding carboxylic acids is 3. The zero-order chi connectivity index (χ0) is 25.5. The van der Waals surface area contributed by atoms with Gasteiger partial charge in [-0.3, -0.25) is 14.4 Å². The van der Waals surface area contributed by atoms with E-state index in [1.54, 1.807) is 0 Å². The van der Waals surface area contributed by atoms with Crippen LogP contribution in [0.4, 0.5) is 0 Å². The van der Waals surface area contributed by atoms with E-state index < -0.39 is 29.9 Å². The number of hydrogen-bond donors (Lipinski definition) is 1. The predicted molar refractivity (Wildman–Crippen MR) is 126 cm³/mol. The number of hydrogen-bond acceptors (Lipinski definition) is 8. The molecule has 1 spiro atoms. The Morgan fingerprint density at radius 2 is 1.97 bits per heavy atom. The molecule has 5 saturated heterocycles. The number of esters is 1. The molecule has 5 aliphatic heterocycles. The van der Waals surface area contributed by atoms with Gasteiger partial charge in [-0.15, -0.1) is 0 Å². The van der Waals surface area contributed by atoms with Crippen molar-refractivity contribution in [2.75, 3.05) is 19.6 Å². The van der Waals surface area contributed by atoms with E-state index in [9.17, 15) is 14.4 Å². The molecule has 0 radical (unpaired) electrons. The predicted octanol–water partition coefficient (Wildman–Crippen LogP) is 2.65. The molecule has 6 aliphatic rings. The zero-order valence-electron chi connectivity index (χ0n) is 21.7.